The second kappa shape index (κ2) is 5.83. The lowest BCUT2D eigenvalue weighted by atomic mass is 10.1. The molecule has 2 aromatic rings. The van der Waals surface area contributed by atoms with Gasteiger partial charge in [0.1, 0.15) is 0 Å². The molecule has 1 fully saturated rings. The minimum Gasteiger partial charge on any atom is -0.395 e. The van der Waals surface area contributed by atoms with E-state index in [0.29, 0.717) is 18.7 Å². The van der Waals surface area contributed by atoms with Crippen LogP contribution in [-0.4, -0.2) is 69.6 Å². The molecule has 0 bridgehead atoms. The molecular formula is C15H20N4O2. The number of hydrogen-bond donors (Lipinski definition) is 2. The maximum absolute atomic E-state index is 12.6. The third-order valence-electron chi connectivity index (χ3n) is 4.03. The standard InChI is InChI=1S/C15H20N4O2/c1-11-10-18(6-7-20)4-5-19(11)15(21)12-8-14-13(17-9-12)2-3-16-14/h2-3,8-9,11,16,20H,4-7,10H2,1H3. The fourth-order valence-electron chi connectivity index (χ4n) is 2.90. The number of H-pyrrole nitrogens is 1. The van der Waals surface area contributed by atoms with Gasteiger partial charge in [-0.05, 0) is 19.1 Å². The molecule has 1 unspecified atom stereocenters. The maximum atomic E-state index is 12.6. The SMILES string of the molecule is CC1CN(CCO)CCN1C(=O)c1cnc2cc[nH]c2c1. The molecule has 3 rings (SSSR count). The van der Waals surface area contributed by atoms with Gasteiger partial charge in [0.2, 0.25) is 0 Å². The molecule has 0 radical (unpaired) electrons. The highest BCUT2D eigenvalue weighted by atomic mass is 16.3. The molecule has 0 aromatic carbocycles. The van der Waals surface area contributed by atoms with E-state index in [2.05, 4.69) is 14.9 Å². The highest BCUT2D eigenvalue weighted by molar-refractivity contribution is 5.96. The lowest BCUT2D eigenvalue weighted by molar-refractivity contribution is 0.0457. The smallest absolute Gasteiger partial charge is 0.255 e. The highest BCUT2D eigenvalue weighted by Gasteiger charge is 2.28. The molecule has 0 aliphatic carbocycles. The fourth-order valence-corrected chi connectivity index (χ4v) is 2.90. The van der Waals surface area contributed by atoms with Crippen LogP contribution in [0.4, 0.5) is 0 Å². The van der Waals surface area contributed by atoms with Crippen LogP contribution in [0.25, 0.3) is 11.0 Å². The van der Waals surface area contributed by atoms with Crippen LogP contribution in [0.1, 0.15) is 17.3 Å². The molecule has 21 heavy (non-hydrogen) atoms. The molecule has 6 heteroatoms. The second-order valence-electron chi connectivity index (χ2n) is 5.51. The molecule has 1 aliphatic rings. The Kier molecular flexibility index (Phi) is 3.90. The van der Waals surface area contributed by atoms with Crippen molar-refractivity contribution < 1.29 is 9.90 Å². The number of carbonyl (C=O) groups excluding carboxylic acids is 1. The quantitative estimate of drug-likeness (QED) is 0.872. The summed E-state index contributed by atoms with van der Waals surface area (Å²) in [6.45, 7) is 5.15. The van der Waals surface area contributed by atoms with E-state index in [-0.39, 0.29) is 18.6 Å². The highest BCUT2D eigenvalue weighted by Crippen LogP contribution is 2.16. The fraction of sp³-hybridized carbons (Fsp3) is 0.467. The van der Waals surface area contributed by atoms with Crippen LogP contribution in [0.5, 0.6) is 0 Å². The number of nitrogens with one attached hydrogen (secondary N) is 1. The van der Waals surface area contributed by atoms with Crippen molar-refractivity contribution in [1.82, 2.24) is 19.8 Å². The van der Waals surface area contributed by atoms with Crippen molar-refractivity contribution in [2.75, 3.05) is 32.8 Å². The van der Waals surface area contributed by atoms with Crippen molar-refractivity contribution in [3.8, 4) is 0 Å². The summed E-state index contributed by atoms with van der Waals surface area (Å²) in [5, 5.41) is 9.00. The van der Waals surface area contributed by atoms with E-state index >= 15 is 0 Å². The van der Waals surface area contributed by atoms with E-state index in [1.807, 2.05) is 30.2 Å². The molecule has 2 aromatic heterocycles. The number of rotatable bonds is 3. The Labute approximate surface area is 123 Å². The number of piperazine rings is 1. The number of β-amino-alcohol motifs (C(OH)–C–C–N with tert-alkyl or cyclic N) is 1. The van der Waals surface area contributed by atoms with Crippen LogP contribution in [0.2, 0.25) is 0 Å². The van der Waals surface area contributed by atoms with Gasteiger partial charge in [-0.25, -0.2) is 0 Å². The molecule has 1 amide bonds. The Balaban J connectivity index is 1.75. The van der Waals surface area contributed by atoms with Crippen molar-refractivity contribution in [3.63, 3.8) is 0 Å². The zero-order valence-electron chi connectivity index (χ0n) is 12.1. The molecule has 2 N–H and O–H groups in total. The Hall–Kier alpha value is -1.92. The van der Waals surface area contributed by atoms with Gasteiger partial charge >= 0.3 is 0 Å². The summed E-state index contributed by atoms with van der Waals surface area (Å²) in [4.78, 5) is 24.1. The monoisotopic (exact) mass is 288 g/mol. The number of aliphatic hydroxyl groups excluding tert-OH is 1. The van der Waals surface area contributed by atoms with E-state index < -0.39 is 0 Å². The zero-order chi connectivity index (χ0) is 14.8. The van der Waals surface area contributed by atoms with Gasteiger partial charge in [0.15, 0.2) is 0 Å². The van der Waals surface area contributed by atoms with Crippen molar-refractivity contribution in [1.29, 1.82) is 0 Å². The van der Waals surface area contributed by atoms with E-state index in [0.717, 1.165) is 24.1 Å². The second-order valence-corrected chi connectivity index (χ2v) is 5.51. The summed E-state index contributed by atoms with van der Waals surface area (Å²) in [5.41, 5.74) is 2.37. The predicted molar refractivity (Wildman–Crippen MR) is 80.1 cm³/mol. The largest absolute Gasteiger partial charge is 0.395 e. The van der Waals surface area contributed by atoms with Crippen molar-refractivity contribution in [2.45, 2.75) is 13.0 Å². The van der Waals surface area contributed by atoms with Crippen LogP contribution in [0, 0.1) is 0 Å². The lowest BCUT2D eigenvalue weighted by Gasteiger charge is -2.39. The molecule has 1 atom stereocenters. The van der Waals surface area contributed by atoms with E-state index in [9.17, 15) is 4.79 Å². The number of aromatic amines is 1. The first-order valence-electron chi connectivity index (χ1n) is 7.26. The minimum absolute atomic E-state index is 0.0233. The number of aliphatic hydroxyl groups is 1. The van der Waals surface area contributed by atoms with Gasteiger partial charge in [0.05, 0.1) is 23.2 Å². The van der Waals surface area contributed by atoms with Gasteiger partial charge in [-0.2, -0.15) is 0 Å². The third-order valence-corrected chi connectivity index (χ3v) is 4.03. The Bertz CT molecular complexity index is 639. The molecule has 0 spiro atoms. The normalized spacial score (nSPS) is 20.1. The van der Waals surface area contributed by atoms with Crippen LogP contribution in [0.3, 0.4) is 0 Å². The number of hydrogen-bond acceptors (Lipinski definition) is 4. The summed E-state index contributed by atoms with van der Waals surface area (Å²) in [6, 6.07) is 3.88. The summed E-state index contributed by atoms with van der Waals surface area (Å²) >= 11 is 0. The van der Waals surface area contributed by atoms with Gasteiger partial charge in [-0.3, -0.25) is 14.7 Å². The van der Waals surface area contributed by atoms with Gasteiger partial charge in [-0.15, -0.1) is 0 Å². The summed E-state index contributed by atoms with van der Waals surface area (Å²) in [7, 11) is 0. The predicted octanol–water partition coefficient (Wildman–Crippen LogP) is 0.701. The number of fused-ring (bicyclic) bond motifs is 1. The number of amides is 1. The molecule has 112 valence electrons. The van der Waals surface area contributed by atoms with Gasteiger partial charge in [0, 0.05) is 44.6 Å². The van der Waals surface area contributed by atoms with Gasteiger partial charge in [0.25, 0.3) is 5.91 Å². The molecule has 3 heterocycles. The molecule has 0 saturated carbocycles. The van der Waals surface area contributed by atoms with Crippen molar-refractivity contribution in [3.05, 3.63) is 30.1 Å². The number of aromatic nitrogens is 2. The van der Waals surface area contributed by atoms with Crippen LogP contribution in [0.15, 0.2) is 24.5 Å². The minimum atomic E-state index is 0.0233. The van der Waals surface area contributed by atoms with E-state index in [1.54, 1.807) is 6.20 Å². The van der Waals surface area contributed by atoms with E-state index in [4.69, 9.17) is 5.11 Å². The number of pyridine rings is 1. The molecule has 1 saturated heterocycles. The van der Waals surface area contributed by atoms with Crippen LogP contribution in [-0.2, 0) is 0 Å². The summed E-state index contributed by atoms with van der Waals surface area (Å²) in [6.07, 6.45) is 3.47. The lowest BCUT2D eigenvalue weighted by Crippen LogP contribution is -2.54. The zero-order valence-corrected chi connectivity index (χ0v) is 12.1. The van der Waals surface area contributed by atoms with Crippen LogP contribution >= 0.6 is 0 Å². The molecule has 1 aliphatic heterocycles. The summed E-state index contributed by atoms with van der Waals surface area (Å²) < 4.78 is 0. The average Bonchev–Trinajstić information content (AvgIpc) is 2.94. The Morgan fingerprint density at radius 2 is 2.38 bits per heavy atom. The first-order valence-corrected chi connectivity index (χ1v) is 7.26. The number of carbonyl (C=O) groups is 1. The van der Waals surface area contributed by atoms with Gasteiger partial charge < -0.3 is 15.0 Å². The average molecular weight is 288 g/mol. The topological polar surface area (TPSA) is 72.5 Å². The van der Waals surface area contributed by atoms with Gasteiger partial charge in [-0.1, -0.05) is 0 Å². The third kappa shape index (κ3) is 2.77. The van der Waals surface area contributed by atoms with Crippen molar-refractivity contribution in [2.24, 2.45) is 0 Å². The molecular weight excluding hydrogens is 268 g/mol. The first-order chi connectivity index (χ1) is 10.2. The molecule has 6 nitrogen and oxygen atoms in total. The Morgan fingerprint density at radius 1 is 1.52 bits per heavy atom. The number of nitrogens with zero attached hydrogens (tertiary/aromatic N) is 3. The van der Waals surface area contributed by atoms with Crippen LogP contribution < -0.4 is 0 Å². The first kappa shape index (κ1) is 14.0. The maximum Gasteiger partial charge on any atom is 0.255 e. The van der Waals surface area contributed by atoms with E-state index in [1.165, 1.54) is 0 Å². The Morgan fingerprint density at radius 3 is 3.14 bits per heavy atom. The van der Waals surface area contributed by atoms with Crippen molar-refractivity contribution >= 4 is 16.9 Å². The summed E-state index contributed by atoms with van der Waals surface area (Å²) in [5.74, 6) is 0.0233.